The molecule has 0 radical (unpaired) electrons. The van der Waals surface area contributed by atoms with Gasteiger partial charge in [0, 0.05) is 18.5 Å². The number of hydrogen-bond acceptors (Lipinski definition) is 3. The largest absolute Gasteiger partial charge is 0.496 e. The van der Waals surface area contributed by atoms with Crippen LogP contribution in [0.3, 0.4) is 0 Å². The van der Waals surface area contributed by atoms with Crippen LogP contribution in [0.15, 0.2) is 18.2 Å². The molecule has 0 amide bonds. The minimum absolute atomic E-state index is 0.335. The van der Waals surface area contributed by atoms with E-state index in [-0.39, 0.29) is 0 Å². The molecule has 3 heteroatoms. The lowest BCUT2D eigenvalue weighted by Crippen LogP contribution is -2.47. The molecule has 1 aliphatic heterocycles. The highest BCUT2D eigenvalue weighted by Gasteiger charge is 2.32. The minimum Gasteiger partial charge on any atom is -0.496 e. The van der Waals surface area contributed by atoms with Gasteiger partial charge in [-0.1, -0.05) is 19.1 Å². The van der Waals surface area contributed by atoms with Gasteiger partial charge in [0.15, 0.2) is 0 Å². The molecule has 0 aliphatic carbocycles. The van der Waals surface area contributed by atoms with Crippen molar-refractivity contribution in [1.82, 2.24) is 5.32 Å². The fourth-order valence-corrected chi connectivity index (χ4v) is 2.11. The van der Waals surface area contributed by atoms with Crippen molar-refractivity contribution in [3.63, 3.8) is 0 Å². The van der Waals surface area contributed by atoms with Crippen LogP contribution in [0.1, 0.15) is 18.1 Å². The molecule has 1 saturated heterocycles. The van der Waals surface area contributed by atoms with Crippen LogP contribution in [0.4, 0.5) is 0 Å². The molecule has 0 aromatic heterocycles. The lowest BCUT2D eigenvalue weighted by atomic mass is 9.89. The van der Waals surface area contributed by atoms with Crippen molar-refractivity contribution in [2.45, 2.75) is 20.4 Å². The number of nitrogens with one attached hydrogen (secondary N) is 1. The monoisotopic (exact) mass is 235 g/mol. The Hall–Kier alpha value is -1.06. The zero-order valence-electron chi connectivity index (χ0n) is 10.9. The summed E-state index contributed by atoms with van der Waals surface area (Å²) in [6.45, 7) is 7.99. The van der Waals surface area contributed by atoms with Gasteiger partial charge in [0.1, 0.15) is 5.75 Å². The molecule has 0 spiro atoms. The smallest absolute Gasteiger partial charge is 0.121 e. The first-order valence-electron chi connectivity index (χ1n) is 6.05. The normalized spacial score (nSPS) is 17.6. The van der Waals surface area contributed by atoms with Crippen LogP contribution in [0.5, 0.6) is 5.75 Å². The average molecular weight is 235 g/mol. The summed E-state index contributed by atoms with van der Waals surface area (Å²) in [4.78, 5) is 0. The van der Waals surface area contributed by atoms with Crippen molar-refractivity contribution in [2.24, 2.45) is 5.41 Å². The number of methoxy groups -OCH3 is 1. The van der Waals surface area contributed by atoms with E-state index in [4.69, 9.17) is 9.47 Å². The molecule has 1 aromatic rings. The Balaban J connectivity index is 1.84. The third-order valence-corrected chi connectivity index (χ3v) is 3.24. The first-order chi connectivity index (χ1) is 8.13. The number of rotatable bonds is 5. The molecule has 1 aromatic carbocycles. The molecule has 0 bridgehead atoms. The van der Waals surface area contributed by atoms with E-state index in [0.29, 0.717) is 5.41 Å². The van der Waals surface area contributed by atoms with E-state index in [1.165, 1.54) is 11.1 Å². The van der Waals surface area contributed by atoms with E-state index < -0.39 is 0 Å². The summed E-state index contributed by atoms with van der Waals surface area (Å²) < 4.78 is 10.5. The summed E-state index contributed by atoms with van der Waals surface area (Å²) in [6, 6.07) is 6.31. The second-order valence-corrected chi connectivity index (χ2v) is 5.21. The number of benzene rings is 1. The highest BCUT2D eigenvalue weighted by atomic mass is 16.5. The molecule has 2 rings (SSSR count). The maximum Gasteiger partial charge on any atom is 0.121 e. The van der Waals surface area contributed by atoms with Gasteiger partial charge in [-0.2, -0.15) is 0 Å². The zero-order chi connectivity index (χ0) is 12.3. The predicted molar refractivity (Wildman–Crippen MR) is 68.4 cm³/mol. The van der Waals surface area contributed by atoms with Crippen LogP contribution in [0, 0.1) is 12.3 Å². The van der Waals surface area contributed by atoms with Crippen molar-refractivity contribution < 1.29 is 9.47 Å². The predicted octanol–water partition coefficient (Wildman–Crippen LogP) is 2.13. The molecule has 94 valence electrons. The SMILES string of the molecule is COc1ccc(CNCC2(C)COC2)cc1C. The molecule has 3 nitrogen and oxygen atoms in total. The highest BCUT2D eigenvalue weighted by molar-refractivity contribution is 5.36. The first-order valence-corrected chi connectivity index (χ1v) is 6.05. The Kier molecular flexibility index (Phi) is 3.69. The molecular formula is C14H21NO2. The molecule has 0 atom stereocenters. The molecule has 17 heavy (non-hydrogen) atoms. The second kappa shape index (κ2) is 5.07. The summed E-state index contributed by atoms with van der Waals surface area (Å²) >= 11 is 0. The number of aryl methyl sites for hydroxylation is 1. The van der Waals surface area contributed by atoms with Crippen LogP contribution in [0.2, 0.25) is 0 Å². The van der Waals surface area contributed by atoms with Crippen molar-refractivity contribution in [3.8, 4) is 5.75 Å². The lowest BCUT2D eigenvalue weighted by molar-refractivity contribution is -0.0991. The third kappa shape index (κ3) is 2.99. The quantitative estimate of drug-likeness (QED) is 0.848. The Bertz CT molecular complexity index is 386. The Morgan fingerprint density at radius 3 is 2.71 bits per heavy atom. The molecule has 0 unspecified atom stereocenters. The van der Waals surface area contributed by atoms with E-state index in [0.717, 1.165) is 32.1 Å². The zero-order valence-corrected chi connectivity index (χ0v) is 10.9. The summed E-state index contributed by atoms with van der Waals surface area (Å²) in [5.74, 6) is 0.952. The fourth-order valence-electron chi connectivity index (χ4n) is 2.11. The van der Waals surface area contributed by atoms with E-state index >= 15 is 0 Å². The summed E-state index contributed by atoms with van der Waals surface area (Å²) in [7, 11) is 1.71. The summed E-state index contributed by atoms with van der Waals surface area (Å²) in [5, 5.41) is 3.49. The van der Waals surface area contributed by atoms with Crippen LogP contribution < -0.4 is 10.1 Å². The topological polar surface area (TPSA) is 30.5 Å². The van der Waals surface area contributed by atoms with Gasteiger partial charge in [0.25, 0.3) is 0 Å². The molecule has 1 heterocycles. The van der Waals surface area contributed by atoms with Gasteiger partial charge in [-0.3, -0.25) is 0 Å². The van der Waals surface area contributed by atoms with Crippen LogP contribution in [0.25, 0.3) is 0 Å². The molecule has 1 aliphatic rings. The molecule has 1 N–H and O–H groups in total. The minimum atomic E-state index is 0.335. The highest BCUT2D eigenvalue weighted by Crippen LogP contribution is 2.25. The standard InChI is InChI=1S/C14H21NO2/c1-11-6-12(4-5-13(11)16-3)7-15-8-14(2)9-17-10-14/h4-6,15H,7-10H2,1-3H3. The Morgan fingerprint density at radius 2 is 2.18 bits per heavy atom. The number of ether oxygens (including phenoxy) is 2. The molecule has 0 saturated carbocycles. The van der Waals surface area contributed by atoms with Crippen molar-refractivity contribution in [2.75, 3.05) is 26.9 Å². The fraction of sp³-hybridized carbons (Fsp3) is 0.571. The molecular weight excluding hydrogens is 214 g/mol. The van der Waals surface area contributed by atoms with Crippen LogP contribution >= 0.6 is 0 Å². The average Bonchev–Trinajstić information content (AvgIpc) is 2.27. The third-order valence-electron chi connectivity index (χ3n) is 3.24. The van der Waals surface area contributed by atoms with E-state index in [1.807, 2.05) is 6.07 Å². The van der Waals surface area contributed by atoms with Gasteiger partial charge in [-0.15, -0.1) is 0 Å². The molecule has 1 fully saturated rings. The number of hydrogen-bond donors (Lipinski definition) is 1. The first kappa shape index (κ1) is 12.4. The van der Waals surface area contributed by atoms with Crippen molar-refractivity contribution in [1.29, 1.82) is 0 Å². The van der Waals surface area contributed by atoms with Gasteiger partial charge in [0.05, 0.1) is 20.3 Å². The van der Waals surface area contributed by atoms with Gasteiger partial charge in [-0.05, 0) is 24.1 Å². The van der Waals surface area contributed by atoms with E-state index in [2.05, 4.69) is 31.3 Å². The van der Waals surface area contributed by atoms with Gasteiger partial charge in [0.2, 0.25) is 0 Å². The van der Waals surface area contributed by atoms with Gasteiger partial charge in [-0.25, -0.2) is 0 Å². The summed E-state index contributed by atoms with van der Waals surface area (Å²) in [5.41, 5.74) is 2.82. The van der Waals surface area contributed by atoms with Gasteiger partial charge >= 0.3 is 0 Å². The second-order valence-electron chi connectivity index (χ2n) is 5.21. The van der Waals surface area contributed by atoms with Crippen LogP contribution in [-0.4, -0.2) is 26.9 Å². The maximum atomic E-state index is 5.25. The summed E-state index contributed by atoms with van der Waals surface area (Å²) in [6.07, 6.45) is 0. The Labute approximate surface area is 103 Å². The van der Waals surface area contributed by atoms with Crippen molar-refractivity contribution >= 4 is 0 Å². The lowest BCUT2D eigenvalue weighted by Gasteiger charge is -2.38. The van der Waals surface area contributed by atoms with Crippen molar-refractivity contribution in [3.05, 3.63) is 29.3 Å². The Morgan fingerprint density at radius 1 is 1.41 bits per heavy atom. The van der Waals surface area contributed by atoms with Crippen LogP contribution in [-0.2, 0) is 11.3 Å². The van der Waals surface area contributed by atoms with E-state index in [9.17, 15) is 0 Å². The van der Waals surface area contributed by atoms with Gasteiger partial charge < -0.3 is 14.8 Å². The van der Waals surface area contributed by atoms with E-state index in [1.54, 1.807) is 7.11 Å². The maximum absolute atomic E-state index is 5.25.